The fourth-order valence-electron chi connectivity index (χ4n) is 3.03. The molecule has 1 aliphatic carbocycles. The number of carbonyl (C=O) groups is 1. The number of hydrogen-bond donors (Lipinski definition) is 2. The van der Waals surface area contributed by atoms with E-state index in [-0.39, 0.29) is 5.91 Å². The minimum absolute atomic E-state index is 0.0549. The maximum Gasteiger partial charge on any atom is 0.289 e. The second-order valence-electron chi connectivity index (χ2n) is 5.68. The molecule has 6 nitrogen and oxygen atoms in total. The van der Waals surface area contributed by atoms with Gasteiger partial charge in [-0.15, -0.1) is 10.2 Å². The van der Waals surface area contributed by atoms with Crippen molar-refractivity contribution in [2.24, 2.45) is 11.8 Å². The predicted octanol–water partition coefficient (Wildman–Crippen LogP) is -0.438. The maximum absolute atomic E-state index is 12.1. The van der Waals surface area contributed by atoms with Crippen LogP contribution in [0.4, 0.5) is 0 Å². The summed E-state index contributed by atoms with van der Waals surface area (Å²) in [6.45, 7) is 3.00. The molecule has 1 saturated carbocycles. The van der Waals surface area contributed by atoms with Gasteiger partial charge in [0.2, 0.25) is 5.82 Å². The van der Waals surface area contributed by atoms with Crippen molar-refractivity contribution in [1.82, 2.24) is 25.4 Å². The lowest BCUT2D eigenvalue weighted by molar-refractivity contribution is 0.0932. The minimum atomic E-state index is -0.0549. The van der Waals surface area contributed by atoms with E-state index in [2.05, 4.69) is 20.8 Å². The van der Waals surface area contributed by atoms with Gasteiger partial charge in [0, 0.05) is 19.0 Å². The van der Waals surface area contributed by atoms with Crippen molar-refractivity contribution in [3.05, 3.63) is 11.6 Å². The number of nitrogens with zero attached hydrogens (tertiary/aromatic N) is 3. The summed E-state index contributed by atoms with van der Waals surface area (Å²) in [6.07, 6.45) is 3.14. The van der Waals surface area contributed by atoms with E-state index in [1.807, 2.05) is 4.57 Å². The molecule has 0 radical (unpaired) electrons. The summed E-state index contributed by atoms with van der Waals surface area (Å²) in [5, 5.41) is 14.7. The van der Waals surface area contributed by atoms with Crippen molar-refractivity contribution in [1.29, 1.82) is 0 Å². The third kappa shape index (κ3) is 1.63. The molecule has 1 amide bonds. The number of carbonyl (C=O) groups excluding carboxylic acids is 1. The minimum Gasteiger partial charge on any atom is -0.347 e. The van der Waals surface area contributed by atoms with Gasteiger partial charge in [-0.3, -0.25) is 4.79 Å². The Morgan fingerprint density at radius 3 is 2.94 bits per heavy atom. The predicted molar refractivity (Wildman–Crippen MR) is 64.1 cm³/mol. The summed E-state index contributed by atoms with van der Waals surface area (Å²) in [4.78, 5) is 12.1. The van der Waals surface area contributed by atoms with Gasteiger partial charge in [-0.25, -0.2) is 0 Å². The number of rotatable bonds is 2. The highest BCUT2D eigenvalue weighted by atomic mass is 16.2. The zero-order valence-corrected chi connectivity index (χ0v) is 10.2. The van der Waals surface area contributed by atoms with Crippen molar-refractivity contribution in [2.45, 2.75) is 31.8 Å². The molecular formula is C12H17N5O. The van der Waals surface area contributed by atoms with Gasteiger partial charge in [0.15, 0.2) is 0 Å². The number of amides is 1. The average Bonchev–Trinajstić information content (AvgIpc) is 2.91. The van der Waals surface area contributed by atoms with Crippen molar-refractivity contribution < 1.29 is 4.79 Å². The van der Waals surface area contributed by atoms with Gasteiger partial charge in [-0.2, -0.15) is 0 Å². The van der Waals surface area contributed by atoms with Crippen LogP contribution in [0.3, 0.4) is 0 Å². The number of nitrogens with one attached hydrogen (secondary N) is 2. The Hall–Kier alpha value is -1.43. The molecule has 18 heavy (non-hydrogen) atoms. The molecule has 3 aliphatic rings. The van der Waals surface area contributed by atoms with Crippen molar-refractivity contribution in [2.75, 3.05) is 13.1 Å². The van der Waals surface area contributed by atoms with Crippen LogP contribution in [0.25, 0.3) is 0 Å². The largest absolute Gasteiger partial charge is 0.347 e. The zero-order valence-electron chi connectivity index (χ0n) is 10.2. The van der Waals surface area contributed by atoms with E-state index in [0.29, 0.717) is 23.7 Å². The topological polar surface area (TPSA) is 71.8 Å². The van der Waals surface area contributed by atoms with Crippen LogP contribution >= 0.6 is 0 Å². The average molecular weight is 247 g/mol. The highest BCUT2D eigenvalue weighted by Gasteiger charge is 2.36. The van der Waals surface area contributed by atoms with Crippen molar-refractivity contribution >= 4 is 5.91 Å². The Balaban J connectivity index is 1.60. The molecule has 0 unspecified atom stereocenters. The Labute approximate surface area is 105 Å². The molecule has 0 spiro atoms. The van der Waals surface area contributed by atoms with Crippen LogP contribution in [0.15, 0.2) is 0 Å². The van der Waals surface area contributed by atoms with Gasteiger partial charge in [-0.1, -0.05) is 0 Å². The molecule has 4 rings (SSSR count). The Kier molecular flexibility index (Phi) is 2.20. The molecule has 6 heteroatoms. The van der Waals surface area contributed by atoms with E-state index in [9.17, 15) is 4.79 Å². The summed E-state index contributed by atoms with van der Waals surface area (Å²) in [6, 6.07) is 0.370. The highest BCUT2D eigenvalue weighted by molar-refractivity contribution is 5.91. The molecule has 2 atom stereocenters. The maximum atomic E-state index is 12.1. The van der Waals surface area contributed by atoms with Crippen LogP contribution in [0, 0.1) is 11.8 Å². The zero-order chi connectivity index (χ0) is 12.1. The summed E-state index contributed by atoms with van der Waals surface area (Å²) >= 11 is 0. The van der Waals surface area contributed by atoms with Crippen LogP contribution < -0.4 is 10.6 Å². The van der Waals surface area contributed by atoms with Gasteiger partial charge in [0.1, 0.15) is 5.82 Å². The third-order valence-electron chi connectivity index (χ3n) is 4.28. The molecule has 1 aromatic rings. The molecule has 0 bridgehead atoms. The van der Waals surface area contributed by atoms with Crippen molar-refractivity contribution in [3.8, 4) is 0 Å². The summed E-state index contributed by atoms with van der Waals surface area (Å²) in [7, 11) is 0. The first-order chi connectivity index (χ1) is 8.81. The first-order valence-electron chi connectivity index (χ1n) is 6.75. The van der Waals surface area contributed by atoms with Crippen LogP contribution in [0.5, 0.6) is 0 Å². The SMILES string of the molecule is O=C(NC1CC1)c1nnc2n1C[C@H]1CNC[C@@H]1C2. The quantitative estimate of drug-likeness (QED) is 0.743. The van der Waals surface area contributed by atoms with Crippen LogP contribution in [-0.2, 0) is 13.0 Å². The molecule has 0 aromatic carbocycles. The van der Waals surface area contributed by atoms with E-state index in [4.69, 9.17) is 0 Å². The van der Waals surface area contributed by atoms with Gasteiger partial charge in [-0.05, 0) is 37.8 Å². The van der Waals surface area contributed by atoms with Crippen LogP contribution in [0.1, 0.15) is 29.3 Å². The third-order valence-corrected chi connectivity index (χ3v) is 4.28. The van der Waals surface area contributed by atoms with Crippen molar-refractivity contribution in [3.63, 3.8) is 0 Å². The molecule has 2 N–H and O–H groups in total. The smallest absolute Gasteiger partial charge is 0.289 e. The molecule has 2 fully saturated rings. The first-order valence-corrected chi connectivity index (χ1v) is 6.75. The summed E-state index contributed by atoms with van der Waals surface area (Å²) in [5.41, 5.74) is 0. The van der Waals surface area contributed by atoms with Gasteiger partial charge >= 0.3 is 0 Å². The summed E-state index contributed by atoms with van der Waals surface area (Å²) in [5.74, 6) is 2.71. The molecule has 1 aromatic heterocycles. The van der Waals surface area contributed by atoms with Gasteiger partial charge in [0.05, 0.1) is 0 Å². The molecule has 3 heterocycles. The number of fused-ring (bicyclic) bond motifs is 2. The van der Waals surface area contributed by atoms with E-state index >= 15 is 0 Å². The second kappa shape index (κ2) is 3.78. The standard InChI is InChI=1S/C12H17N5O/c18-12(14-9-1-2-9)11-16-15-10-3-7-4-13-5-8(7)6-17(10)11/h7-9,13H,1-6H2,(H,14,18)/t7-,8+/m0/s1. The normalized spacial score (nSPS) is 29.8. The lowest BCUT2D eigenvalue weighted by Gasteiger charge is -2.25. The molecule has 96 valence electrons. The lowest BCUT2D eigenvalue weighted by Crippen LogP contribution is -2.33. The number of aromatic nitrogens is 3. The Morgan fingerprint density at radius 2 is 2.11 bits per heavy atom. The van der Waals surface area contributed by atoms with Crippen LogP contribution in [0.2, 0.25) is 0 Å². The second-order valence-corrected chi connectivity index (χ2v) is 5.68. The van der Waals surface area contributed by atoms with Gasteiger partial charge < -0.3 is 15.2 Å². The monoisotopic (exact) mass is 247 g/mol. The Bertz CT molecular complexity index is 493. The fraction of sp³-hybridized carbons (Fsp3) is 0.750. The van der Waals surface area contributed by atoms with E-state index < -0.39 is 0 Å². The molecule has 1 saturated heterocycles. The van der Waals surface area contributed by atoms with Gasteiger partial charge in [0.25, 0.3) is 5.91 Å². The first kappa shape index (κ1) is 10.5. The van der Waals surface area contributed by atoms with E-state index in [1.54, 1.807) is 0 Å². The van der Waals surface area contributed by atoms with E-state index in [1.165, 1.54) is 0 Å². The van der Waals surface area contributed by atoms with E-state index in [0.717, 1.165) is 44.7 Å². The lowest BCUT2D eigenvalue weighted by atomic mass is 9.89. The number of hydrogen-bond acceptors (Lipinski definition) is 4. The highest BCUT2D eigenvalue weighted by Crippen LogP contribution is 2.28. The molecular weight excluding hydrogens is 230 g/mol. The molecule has 2 aliphatic heterocycles. The fourth-order valence-corrected chi connectivity index (χ4v) is 3.03. The Morgan fingerprint density at radius 1 is 1.28 bits per heavy atom. The van der Waals surface area contributed by atoms with Crippen LogP contribution in [-0.4, -0.2) is 39.8 Å². The summed E-state index contributed by atoms with van der Waals surface area (Å²) < 4.78 is 2.02.